The fourth-order valence-corrected chi connectivity index (χ4v) is 2.52. The normalized spacial score (nSPS) is 10.8. The molecule has 7 heteroatoms. The maximum atomic E-state index is 14.0. The van der Waals surface area contributed by atoms with Crippen molar-refractivity contribution in [3.05, 3.63) is 59.5 Å². The van der Waals surface area contributed by atoms with Crippen molar-refractivity contribution in [1.82, 2.24) is 4.98 Å². The smallest absolute Gasteiger partial charge is 0.249 e. The highest BCUT2D eigenvalue weighted by molar-refractivity contribution is 6.00. The number of aromatic nitrogens is 1. The molecule has 0 bridgehead atoms. The van der Waals surface area contributed by atoms with Crippen molar-refractivity contribution in [1.29, 1.82) is 0 Å². The van der Waals surface area contributed by atoms with E-state index in [1.807, 2.05) is 0 Å². The van der Waals surface area contributed by atoms with Crippen molar-refractivity contribution in [3.8, 4) is 11.5 Å². The highest BCUT2D eigenvalue weighted by Gasteiger charge is 2.14. The minimum absolute atomic E-state index is 0.0169. The van der Waals surface area contributed by atoms with Gasteiger partial charge in [0.1, 0.15) is 5.75 Å². The Morgan fingerprint density at radius 2 is 2.00 bits per heavy atom. The molecule has 1 aromatic heterocycles. The van der Waals surface area contributed by atoms with Gasteiger partial charge in [0.25, 0.3) is 0 Å². The Morgan fingerprint density at radius 1 is 1.20 bits per heavy atom. The minimum Gasteiger partial charge on any atom is -0.454 e. The molecule has 0 unspecified atom stereocenters. The number of benzene rings is 2. The Kier molecular flexibility index (Phi) is 4.49. The zero-order valence-electron chi connectivity index (χ0n) is 13.5. The van der Waals surface area contributed by atoms with Crippen molar-refractivity contribution in [2.45, 2.75) is 6.61 Å². The third-order valence-electron chi connectivity index (χ3n) is 3.67. The van der Waals surface area contributed by atoms with Crippen molar-refractivity contribution in [2.75, 3.05) is 12.8 Å². The van der Waals surface area contributed by atoms with E-state index in [1.165, 1.54) is 31.5 Å². The van der Waals surface area contributed by atoms with E-state index in [2.05, 4.69) is 4.98 Å². The van der Waals surface area contributed by atoms with E-state index in [9.17, 15) is 9.18 Å². The van der Waals surface area contributed by atoms with Crippen LogP contribution in [0.5, 0.6) is 11.5 Å². The summed E-state index contributed by atoms with van der Waals surface area (Å²) < 4.78 is 24.7. The summed E-state index contributed by atoms with van der Waals surface area (Å²) in [6.45, 7) is 0.216. The van der Waals surface area contributed by atoms with Crippen LogP contribution in [0.4, 0.5) is 10.1 Å². The second-order valence-electron chi connectivity index (χ2n) is 5.42. The summed E-state index contributed by atoms with van der Waals surface area (Å²) in [6.07, 6.45) is 1.54. The van der Waals surface area contributed by atoms with Crippen molar-refractivity contribution in [2.24, 2.45) is 5.73 Å². The molecule has 25 heavy (non-hydrogen) atoms. The van der Waals surface area contributed by atoms with Gasteiger partial charge in [-0.3, -0.25) is 9.78 Å². The predicted molar refractivity (Wildman–Crippen MR) is 91.9 cm³/mol. The third-order valence-corrected chi connectivity index (χ3v) is 3.67. The van der Waals surface area contributed by atoms with Crippen LogP contribution in [0.15, 0.2) is 42.6 Å². The van der Waals surface area contributed by atoms with Gasteiger partial charge in [-0.05, 0) is 35.9 Å². The molecule has 0 saturated heterocycles. The number of fused-ring (bicyclic) bond motifs is 1. The molecule has 4 N–H and O–H groups in total. The Hall–Kier alpha value is -3.19. The number of nitrogens with two attached hydrogens (primary N) is 2. The zero-order chi connectivity index (χ0) is 18.0. The topological polar surface area (TPSA) is 100 Å². The van der Waals surface area contributed by atoms with E-state index < -0.39 is 11.7 Å². The number of hydrogen-bond acceptors (Lipinski definition) is 5. The van der Waals surface area contributed by atoms with Crippen LogP contribution in [-0.4, -0.2) is 18.0 Å². The summed E-state index contributed by atoms with van der Waals surface area (Å²) in [5.41, 5.74) is 12.8. The van der Waals surface area contributed by atoms with Gasteiger partial charge in [0, 0.05) is 36.0 Å². The van der Waals surface area contributed by atoms with Crippen LogP contribution in [0.3, 0.4) is 0 Å². The van der Waals surface area contributed by atoms with E-state index in [4.69, 9.17) is 20.9 Å². The molecule has 0 aliphatic rings. The summed E-state index contributed by atoms with van der Waals surface area (Å²) in [6, 6.07) is 9.00. The Bertz CT molecular complexity index is 960. The molecule has 3 rings (SSSR count). The number of halogens is 1. The average Bonchev–Trinajstić information content (AvgIpc) is 2.57. The van der Waals surface area contributed by atoms with Crippen molar-refractivity contribution < 1.29 is 18.7 Å². The molecule has 0 radical (unpaired) electrons. The first-order chi connectivity index (χ1) is 12.0. The molecule has 0 fully saturated rings. The summed E-state index contributed by atoms with van der Waals surface area (Å²) in [5.74, 6) is -0.818. The standard InChI is InChI=1S/C18H16FN3O3/c1-24-9-10-6-15-13(8-12(10)18(21)23)16(4-5-22-15)25-17-3-2-11(20)7-14(17)19/h2-8H,9,20H2,1H3,(H2,21,23). The van der Waals surface area contributed by atoms with E-state index in [-0.39, 0.29) is 12.4 Å². The SMILES string of the molecule is COCc1cc2nccc(Oc3ccc(N)cc3F)c2cc1C(N)=O. The lowest BCUT2D eigenvalue weighted by Crippen LogP contribution is -2.14. The van der Waals surface area contributed by atoms with Gasteiger partial charge in [0.15, 0.2) is 11.6 Å². The van der Waals surface area contributed by atoms with E-state index in [0.29, 0.717) is 33.5 Å². The Morgan fingerprint density at radius 3 is 2.68 bits per heavy atom. The number of nitrogens with zero attached hydrogens (tertiary/aromatic N) is 1. The van der Waals surface area contributed by atoms with Gasteiger partial charge in [0.2, 0.25) is 5.91 Å². The molecule has 0 aliphatic heterocycles. The molecule has 1 amide bonds. The maximum absolute atomic E-state index is 14.0. The van der Waals surface area contributed by atoms with Gasteiger partial charge in [-0.15, -0.1) is 0 Å². The monoisotopic (exact) mass is 341 g/mol. The van der Waals surface area contributed by atoms with E-state index >= 15 is 0 Å². The number of amides is 1. The Balaban J connectivity index is 2.12. The molecule has 0 aliphatic carbocycles. The second-order valence-corrected chi connectivity index (χ2v) is 5.42. The molecule has 2 aromatic carbocycles. The van der Waals surface area contributed by atoms with E-state index in [1.54, 1.807) is 18.2 Å². The first kappa shape index (κ1) is 16.7. The highest BCUT2D eigenvalue weighted by atomic mass is 19.1. The summed E-state index contributed by atoms with van der Waals surface area (Å²) in [4.78, 5) is 16.0. The van der Waals surface area contributed by atoms with Crippen LogP contribution < -0.4 is 16.2 Å². The molecule has 3 aromatic rings. The quantitative estimate of drug-likeness (QED) is 0.695. The van der Waals surface area contributed by atoms with Crippen LogP contribution in [-0.2, 0) is 11.3 Å². The van der Waals surface area contributed by atoms with Gasteiger partial charge in [-0.25, -0.2) is 4.39 Å². The fraction of sp³-hybridized carbons (Fsp3) is 0.111. The molecule has 128 valence electrons. The molecular weight excluding hydrogens is 325 g/mol. The van der Waals surface area contributed by atoms with Gasteiger partial charge < -0.3 is 20.9 Å². The van der Waals surface area contributed by atoms with Crippen molar-refractivity contribution in [3.63, 3.8) is 0 Å². The lowest BCUT2D eigenvalue weighted by molar-refractivity contribution is 0.0995. The first-order valence-corrected chi connectivity index (χ1v) is 7.43. The first-order valence-electron chi connectivity index (χ1n) is 7.43. The summed E-state index contributed by atoms with van der Waals surface area (Å²) in [5, 5.41) is 0.535. The maximum Gasteiger partial charge on any atom is 0.249 e. The lowest BCUT2D eigenvalue weighted by atomic mass is 10.0. The predicted octanol–water partition coefficient (Wildman–Crippen LogP) is 2.99. The minimum atomic E-state index is -0.595. The zero-order valence-corrected chi connectivity index (χ0v) is 13.5. The number of ether oxygens (including phenoxy) is 2. The molecule has 0 spiro atoms. The molecule has 1 heterocycles. The van der Waals surface area contributed by atoms with E-state index in [0.717, 1.165) is 0 Å². The van der Waals surface area contributed by atoms with Gasteiger partial charge in [-0.2, -0.15) is 0 Å². The number of nitrogen functional groups attached to an aromatic ring is 1. The number of carbonyl (C=O) groups is 1. The third kappa shape index (κ3) is 3.36. The van der Waals surface area contributed by atoms with Gasteiger partial charge in [0.05, 0.1) is 12.1 Å². The number of methoxy groups -OCH3 is 1. The van der Waals surface area contributed by atoms with Crippen LogP contribution in [0.2, 0.25) is 0 Å². The largest absolute Gasteiger partial charge is 0.454 e. The lowest BCUT2D eigenvalue weighted by Gasteiger charge is -2.12. The van der Waals surface area contributed by atoms with Gasteiger partial charge >= 0.3 is 0 Å². The van der Waals surface area contributed by atoms with Crippen LogP contribution >= 0.6 is 0 Å². The second kappa shape index (κ2) is 6.74. The van der Waals surface area contributed by atoms with Crippen LogP contribution in [0.25, 0.3) is 10.9 Å². The molecule has 6 nitrogen and oxygen atoms in total. The summed E-state index contributed by atoms with van der Waals surface area (Å²) in [7, 11) is 1.52. The fourth-order valence-electron chi connectivity index (χ4n) is 2.52. The summed E-state index contributed by atoms with van der Waals surface area (Å²) >= 11 is 0. The van der Waals surface area contributed by atoms with Gasteiger partial charge in [-0.1, -0.05) is 0 Å². The number of hydrogen-bond donors (Lipinski definition) is 2. The number of carbonyl (C=O) groups excluding carboxylic acids is 1. The molecule has 0 atom stereocenters. The van der Waals surface area contributed by atoms with Crippen molar-refractivity contribution >= 4 is 22.5 Å². The number of anilines is 1. The average molecular weight is 341 g/mol. The molecular formula is C18H16FN3O3. The Labute approximate surface area is 143 Å². The van der Waals surface area contributed by atoms with Crippen LogP contribution in [0, 0.1) is 5.82 Å². The molecule has 0 saturated carbocycles. The highest BCUT2D eigenvalue weighted by Crippen LogP contribution is 2.32. The number of rotatable bonds is 5. The number of pyridine rings is 1. The van der Waals surface area contributed by atoms with Crippen LogP contribution in [0.1, 0.15) is 15.9 Å². The number of primary amides is 1.